The van der Waals surface area contributed by atoms with Gasteiger partial charge in [-0.05, 0) is 13.0 Å². The Hall–Kier alpha value is -1.46. The van der Waals surface area contributed by atoms with Gasteiger partial charge in [-0.3, -0.25) is 0 Å². The van der Waals surface area contributed by atoms with Crippen molar-refractivity contribution in [2.45, 2.75) is 19.5 Å². The molecule has 2 N–H and O–H groups in total. The summed E-state index contributed by atoms with van der Waals surface area (Å²) in [5, 5.41) is 2.20. The van der Waals surface area contributed by atoms with Crippen LogP contribution < -0.4 is 19.5 Å². The number of benzene rings is 1. The summed E-state index contributed by atoms with van der Waals surface area (Å²) in [4.78, 5) is 0. The first-order chi connectivity index (χ1) is 9.15. The van der Waals surface area contributed by atoms with E-state index in [0.717, 1.165) is 24.5 Å². The smallest absolute Gasteiger partial charge is 0.164 e. The Bertz CT molecular complexity index is 395. The second kappa shape index (κ2) is 7.86. The number of quaternary nitrogens is 1. The molecule has 0 fully saturated rings. The van der Waals surface area contributed by atoms with Gasteiger partial charge >= 0.3 is 0 Å². The van der Waals surface area contributed by atoms with Crippen LogP contribution in [0.25, 0.3) is 0 Å². The highest BCUT2D eigenvalue weighted by Crippen LogP contribution is 2.34. The quantitative estimate of drug-likeness (QED) is 0.759. The van der Waals surface area contributed by atoms with Crippen molar-refractivity contribution in [3.63, 3.8) is 0 Å². The molecule has 0 aromatic heterocycles. The fraction of sp³-hybridized carbons (Fsp3) is 0.571. The molecule has 0 radical (unpaired) electrons. The van der Waals surface area contributed by atoms with Crippen molar-refractivity contribution in [3.8, 4) is 17.2 Å². The van der Waals surface area contributed by atoms with Crippen molar-refractivity contribution in [2.24, 2.45) is 0 Å². The molecule has 1 unspecified atom stereocenters. The predicted octanol–water partition coefficient (Wildman–Crippen LogP) is 0.811. The van der Waals surface area contributed by atoms with Gasteiger partial charge in [-0.1, -0.05) is 0 Å². The average molecular weight is 270 g/mol. The third kappa shape index (κ3) is 4.29. The fourth-order valence-electron chi connectivity index (χ4n) is 1.91. The number of hydrogen-bond donors (Lipinski definition) is 1. The molecular weight excluding hydrogens is 246 g/mol. The van der Waals surface area contributed by atoms with E-state index in [1.54, 1.807) is 28.4 Å². The monoisotopic (exact) mass is 270 g/mol. The first-order valence-corrected chi connectivity index (χ1v) is 6.27. The van der Waals surface area contributed by atoms with Crippen LogP contribution in [0.3, 0.4) is 0 Å². The third-order valence-electron chi connectivity index (χ3n) is 2.96. The molecule has 0 heterocycles. The van der Waals surface area contributed by atoms with Gasteiger partial charge in [0.15, 0.2) is 11.5 Å². The molecule has 5 heteroatoms. The molecule has 0 saturated carbocycles. The summed E-state index contributed by atoms with van der Waals surface area (Å²) in [5.41, 5.74) is 1.07. The summed E-state index contributed by atoms with van der Waals surface area (Å²) in [6.45, 7) is 3.64. The van der Waals surface area contributed by atoms with Crippen molar-refractivity contribution in [1.82, 2.24) is 0 Å². The van der Waals surface area contributed by atoms with E-state index in [4.69, 9.17) is 18.9 Å². The number of ether oxygens (including phenoxy) is 4. The fourth-order valence-corrected chi connectivity index (χ4v) is 1.91. The topological polar surface area (TPSA) is 53.5 Å². The molecule has 0 aliphatic carbocycles. The molecule has 0 amide bonds. The lowest BCUT2D eigenvalue weighted by atomic mass is 10.1. The largest absolute Gasteiger partial charge is 0.496 e. The molecule has 0 saturated heterocycles. The van der Waals surface area contributed by atoms with E-state index in [1.807, 2.05) is 12.1 Å². The molecule has 5 nitrogen and oxygen atoms in total. The molecule has 0 aliphatic rings. The number of hydrogen-bond acceptors (Lipinski definition) is 4. The Morgan fingerprint density at radius 1 is 0.947 bits per heavy atom. The van der Waals surface area contributed by atoms with E-state index in [9.17, 15) is 0 Å². The van der Waals surface area contributed by atoms with E-state index < -0.39 is 0 Å². The second-order valence-electron chi connectivity index (χ2n) is 4.39. The molecule has 0 spiro atoms. The standard InChI is InChI=1S/C14H23NO4/c1-10(9-16-2)15-8-11-6-13(18-4)14(19-5)7-12(11)17-3/h6-7,10,15H,8-9H2,1-5H3/p+1. The number of methoxy groups -OCH3 is 4. The van der Waals surface area contributed by atoms with Crippen molar-refractivity contribution >= 4 is 0 Å². The normalized spacial score (nSPS) is 12.1. The van der Waals surface area contributed by atoms with E-state index in [2.05, 4.69) is 12.2 Å². The highest BCUT2D eigenvalue weighted by molar-refractivity contribution is 5.50. The number of rotatable bonds is 8. The van der Waals surface area contributed by atoms with Crippen LogP contribution >= 0.6 is 0 Å². The van der Waals surface area contributed by atoms with E-state index >= 15 is 0 Å². The summed E-state index contributed by atoms with van der Waals surface area (Å²) >= 11 is 0. The summed E-state index contributed by atoms with van der Waals surface area (Å²) in [7, 11) is 6.61. The summed E-state index contributed by atoms with van der Waals surface area (Å²) in [6.07, 6.45) is 0. The molecule has 19 heavy (non-hydrogen) atoms. The Morgan fingerprint density at radius 2 is 1.53 bits per heavy atom. The van der Waals surface area contributed by atoms with E-state index in [0.29, 0.717) is 17.5 Å². The first kappa shape index (κ1) is 15.6. The minimum atomic E-state index is 0.391. The number of nitrogens with two attached hydrogens (primary N) is 1. The maximum absolute atomic E-state index is 5.39. The van der Waals surface area contributed by atoms with Gasteiger partial charge in [-0.25, -0.2) is 0 Å². The molecular formula is C14H24NO4+. The molecule has 108 valence electrons. The average Bonchev–Trinajstić information content (AvgIpc) is 2.44. The zero-order valence-corrected chi connectivity index (χ0v) is 12.4. The Labute approximate surface area is 114 Å². The van der Waals surface area contributed by atoms with Crippen LogP contribution in [-0.2, 0) is 11.3 Å². The summed E-state index contributed by atoms with van der Waals surface area (Å²) < 4.78 is 21.1. The van der Waals surface area contributed by atoms with Crippen LogP contribution in [0.15, 0.2) is 12.1 Å². The van der Waals surface area contributed by atoms with Gasteiger partial charge in [0.1, 0.15) is 18.3 Å². The van der Waals surface area contributed by atoms with Crippen molar-refractivity contribution in [2.75, 3.05) is 35.0 Å². The maximum atomic E-state index is 5.39. The molecule has 1 atom stereocenters. The predicted molar refractivity (Wildman–Crippen MR) is 73.1 cm³/mol. The van der Waals surface area contributed by atoms with Gasteiger partial charge in [0.25, 0.3) is 0 Å². The maximum Gasteiger partial charge on any atom is 0.164 e. The lowest BCUT2D eigenvalue weighted by Crippen LogP contribution is -2.88. The summed E-state index contributed by atoms with van der Waals surface area (Å²) in [5.74, 6) is 2.19. The SMILES string of the molecule is COCC(C)[NH2+]Cc1cc(OC)c(OC)cc1OC. The van der Waals surface area contributed by atoms with Crippen LogP contribution in [0.1, 0.15) is 12.5 Å². The van der Waals surface area contributed by atoms with Gasteiger partial charge < -0.3 is 24.3 Å². The van der Waals surface area contributed by atoms with Gasteiger partial charge in [-0.15, -0.1) is 0 Å². The highest BCUT2D eigenvalue weighted by atomic mass is 16.5. The van der Waals surface area contributed by atoms with Crippen molar-refractivity contribution in [3.05, 3.63) is 17.7 Å². The lowest BCUT2D eigenvalue weighted by Gasteiger charge is -2.15. The van der Waals surface area contributed by atoms with Crippen LogP contribution in [0.5, 0.6) is 17.2 Å². The molecule has 0 aliphatic heterocycles. The van der Waals surface area contributed by atoms with E-state index in [1.165, 1.54) is 0 Å². The third-order valence-corrected chi connectivity index (χ3v) is 2.96. The molecule has 1 aromatic carbocycles. The van der Waals surface area contributed by atoms with Crippen LogP contribution in [0.2, 0.25) is 0 Å². The minimum Gasteiger partial charge on any atom is -0.496 e. The zero-order valence-electron chi connectivity index (χ0n) is 12.4. The highest BCUT2D eigenvalue weighted by Gasteiger charge is 2.14. The van der Waals surface area contributed by atoms with Gasteiger partial charge in [-0.2, -0.15) is 0 Å². The van der Waals surface area contributed by atoms with Gasteiger partial charge in [0, 0.05) is 13.2 Å². The van der Waals surface area contributed by atoms with Crippen LogP contribution in [-0.4, -0.2) is 41.1 Å². The lowest BCUT2D eigenvalue weighted by molar-refractivity contribution is -0.702. The second-order valence-corrected chi connectivity index (χ2v) is 4.39. The van der Waals surface area contributed by atoms with Crippen molar-refractivity contribution < 1.29 is 24.3 Å². The Balaban J connectivity index is 2.86. The minimum absolute atomic E-state index is 0.391. The van der Waals surface area contributed by atoms with Gasteiger partial charge in [0.05, 0.1) is 33.5 Å². The Morgan fingerprint density at radius 3 is 2.05 bits per heavy atom. The van der Waals surface area contributed by atoms with Crippen LogP contribution in [0, 0.1) is 0 Å². The summed E-state index contributed by atoms with van der Waals surface area (Å²) in [6, 6.07) is 4.19. The van der Waals surface area contributed by atoms with Crippen molar-refractivity contribution in [1.29, 1.82) is 0 Å². The molecule has 0 bridgehead atoms. The van der Waals surface area contributed by atoms with Crippen LogP contribution in [0.4, 0.5) is 0 Å². The molecule has 1 rings (SSSR count). The van der Waals surface area contributed by atoms with Gasteiger partial charge in [0.2, 0.25) is 0 Å². The Kier molecular flexibility index (Phi) is 6.45. The van der Waals surface area contributed by atoms with E-state index in [-0.39, 0.29) is 0 Å². The molecule has 1 aromatic rings. The first-order valence-electron chi connectivity index (χ1n) is 6.27. The zero-order chi connectivity index (χ0) is 14.3.